The van der Waals surface area contributed by atoms with Crippen molar-refractivity contribution in [3.63, 3.8) is 0 Å². The first-order chi connectivity index (χ1) is 11.7. The number of likely N-dealkylation sites (tertiary alicyclic amines) is 1. The number of carbonyl (C=O) groups excluding carboxylic acids is 1. The summed E-state index contributed by atoms with van der Waals surface area (Å²) in [6.07, 6.45) is 0.925. The minimum Gasteiger partial charge on any atom is -0.492 e. The van der Waals surface area contributed by atoms with Crippen molar-refractivity contribution < 1.29 is 9.53 Å². The van der Waals surface area contributed by atoms with Gasteiger partial charge in [0, 0.05) is 31.2 Å². The molecule has 1 amide bonds. The molecule has 1 saturated heterocycles. The second kappa shape index (κ2) is 8.39. The fraction of sp³-hybridized carbons (Fsp3) is 0.632. The zero-order valence-electron chi connectivity index (χ0n) is 15.7. The topological polar surface area (TPSA) is 58.8 Å². The molecule has 25 heavy (non-hydrogen) atoms. The second-order valence-corrected chi connectivity index (χ2v) is 8.03. The number of piperidine rings is 1. The summed E-state index contributed by atoms with van der Waals surface area (Å²) in [5, 5.41) is 0.678. The predicted octanol–water partition coefficient (Wildman–Crippen LogP) is 2.62. The van der Waals surface area contributed by atoms with Gasteiger partial charge >= 0.3 is 0 Å². The van der Waals surface area contributed by atoms with Crippen LogP contribution < -0.4 is 10.5 Å². The molecular weight excluding hydrogens is 338 g/mol. The molecule has 0 bridgehead atoms. The highest BCUT2D eigenvalue weighted by molar-refractivity contribution is 6.30. The molecule has 2 unspecified atom stereocenters. The Morgan fingerprint density at radius 1 is 1.44 bits per heavy atom. The van der Waals surface area contributed by atoms with Crippen molar-refractivity contribution >= 4 is 17.5 Å². The van der Waals surface area contributed by atoms with Crippen LogP contribution in [0.2, 0.25) is 5.02 Å². The largest absolute Gasteiger partial charge is 0.492 e. The Bertz CT molecular complexity index is 577. The van der Waals surface area contributed by atoms with Gasteiger partial charge in [-0.25, -0.2) is 0 Å². The van der Waals surface area contributed by atoms with Crippen LogP contribution in [0.25, 0.3) is 0 Å². The van der Waals surface area contributed by atoms with E-state index < -0.39 is 0 Å². The third kappa shape index (κ3) is 5.33. The molecule has 1 aliphatic rings. The predicted molar refractivity (Wildman–Crippen MR) is 102 cm³/mol. The molecule has 2 rings (SSSR count). The molecule has 1 aliphatic heterocycles. The number of rotatable bonds is 6. The molecule has 2 N–H and O–H groups in total. The maximum Gasteiger partial charge on any atom is 0.239 e. The van der Waals surface area contributed by atoms with Crippen LogP contribution in [-0.2, 0) is 4.79 Å². The maximum absolute atomic E-state index is 12.7. The molecule has 1 heterocycles. The van der Waals surface area contributed by atoms with Crippen molar-refractivity contribution in [2.24, 2.45) is 11.1 Å². The van der Waals surface area contributed by atoms with Crippen molar-refractivity contribution in [1.29, 1.82) is 0 Å². The van der Waals surface area contributed by atoms with E-state index in [1.807, 2.05) is 26.1 Å². The summed E-state index contributed by atoms with van der Waals surface area (Å²) in [5.74, 6) is 0.871. The zero-order chi connectivity index (χ0) is 18.6. The van der Waals surface area contributed by atoms with Gasteiger partial charge in [0.05, 0.1) is 12.6 Å². The average molecular weight is 368 g/mol. The number of hydrogen-bond acceptors (Lipinski definition) is 4. The number of hydrogen-bond donors (Lipinski definition) is 1. The van der Waals surface area contributed by atoms with Gasteiger partial charge in [0.25, 0.3) is 0 Å². The van der Waals surface area contributed by atoms with E-state index in [0.717, 1.165) is 25.3 Å². The number of ether oxygens (including phenoxy) is 1. The van der Waals surface area contributed by atoms with E-state index in [1.54, 1.807) is 17.0 Å². The number of likely N-dealkylation sites (N-methyl/N-ethyl adjacent to an activating group) is 1. The Balaban J connectivity index is 1.81. The van der Waals surface area contributed by atoms with Crippen LogP contribution >= 0.6 is 11.6 Å². The van der Waals surface area contributed by atoms with Gasteiger partial charge in [-0.2, -0.15) is 0 Å². The van der Waals surface area contributed by atoms with Gasteiger partial charge in [-0.05, 0) is 43.0 Å². The van der Waals surface area contributed by atoms with Crippen LogP contribution in [0.3, 0.4) is 0 Å². The van der Waals surface area contributed by atoms with Gasteiger partial charge in [0.15, 0.2) is 0 Å². The van der Waals surface area contributed by atoms with E-state index in [4.69, 9.17) is 22.1 Å². The number of benzene rings is 1. The highest BCUT2D eigenvalue weighted by Gasteiger charge is 2.37. The van der Waals surface area contributed by atoms with Gasteiger partial charge < -0.3 is 15.4 Å². The minimum absolute atomic E-state index is 0.0308. The quantitative estimate of drug-likeness (QED) is 0.839. The molecule has 1 aromatic rings. The molecule has 0 radical (unpaired) electrons. The van der Waals surface area contributed by atoms with Crippen LogP contribution in [0.15, 0.2) is 24.3 Å². The summed E-state index contributed by atoms with van der Waals surface area (Å²) in [6, 6.07) is 7.27. The maximum atomic E-state index is 12.7. The Kier molecular flexibility index (Phi) is 6.72. The van der Waals surface area contributed by atoms with Gasteiger partial charge in [-0.1, -0.05) is 25.4 Å². The normalized spacial score (nSPS) is 21.6. The van der Waals surface area contributed by atoms with Crippen LogP contribution in [0, 0.1) is 5.41 Å². The lowest BCUT2D eigenvalue weighted by molar-refractivity contribution is -0.136. The standard InChI is InChI=1S/C19H30ClN3O2/c1-14(23-10-9-17(21)19(2,3)13-23)18(24)22(4)11-12-25-16-7-5-15(20)6-8-16/h5-8,14,17H,9-13,21H2,1-4H3. The van der Waals surface area contributed by atoms with Gasteiger partial charge in [0.1, 0.15) is 12.4 Å². The summed E-state index contributed by atoms with van der Waals surface area (Å²) in [6.45, 7) is 9.03. The Hall–Kier alpha value is -1.30. The lowest BCUT2D eigenvalue weighted by Crippen LogP contribution is -2.57. The molecule has 140 valence electrons. The van der Waals surface area contributed by atoms with E-state index in [-0.39, 0.29) is 23.4 Å². The highest BCUT2D eigenvalue weighted by atomic mass is 35.5. The summed E-state index contributed by atoms with van der Waals surface area (Å²) < 4.78 is 5.67. The third-order valence-corrected chi connectivity index (χ3v) is 5.38. The first-order valence-electron chi connectivity index (χ1n) is 8.83. The van der Waals surface area contributed by atoms with E-state index >= 15 is 0 Å². The van der Waals surface area contributed by atoms with Gasteiger partial charge in [-0.3, -0.25) is 9.69 Å². The molecule has 6 heteroatoms. The SMILES string of the molecule is CC(C(=O)N(C)CCOc1ccc(Cl)cc1)N1CCC(N)C(C)(C)C1. The van der Waals surface area contributed by atoms with Crippen molar-refractivity contribution in [2.45, 2.75) is 39.3 Å². The minimum atomic E-state index is -0.146. The summed E-state index contributed by atoms with van der Waals surface area (Å²) in [5.41, 5.74) is 6.23. The van der Waals surface area contributed by atoms with E-state index in [1.165, 1.54) is 0 Å². The van der Waals surface area contributed by atoms with Crippen LogP contribution in [0.4, 0.5) is 0 Å². The molecule has 0 aliphatic carbocycles. The summed E-state index contributed by atoms with van der Waals surface area (Å²) in [4.78, 5) is 16.7. The van der Waals surface area contributed by atoms with Crippen LogP contribution in [-0.4, -0.2) is 61.1 Å². The lowest BCUT2D eigenvalue weighted by atomic mass is 9.79. The first-order valence-corrected chi connectivity index (χ1v) is 9.21. The number of amides is 1. The Morgan fingerprint density at radius 2 is 2.08 bits per heavy atom. The lowest BCUT2D eigenvalue weighted by Gasteiger charge is -2.45. The number of nitrogens with zero attached hydrogens (tertiary/aromatic N) is 2. The molecule has 5 nitrogen and oxygen atoms in total. The zero-order valence-corrected chi connectivity index (χ0v) is 16.4. The third-order valence-electron chi connectivity index (χ3n) is 5.13. The molecule has 2 atom stereocenters. The first kappa shape index (κ1) is 20.0. The van der Waals surface area contributed by atoms with Crippen molar-refractivity contribution in [3.8, 4) is 5.75 Å². The fourth-order valence-electron chi connectivity index (χ4n) is 3.16. The van der Waals surface area contributed by atoms with Gasteiger partial charge in [0.2, 0.25) is 5.91 Å². The van der Waals surface area contributed by atoms with Gasteiger partial charge in [-0.15, -0.1) is 0 Å². The average Bonchev–Trinajstić information content (AvgIpc) is 2.57. The smallest absolute Gasteiger partial charge is 0.239 e. The van der Waals surface area contributed by atoms with Crippen molar-refractivity contribution in [3.05, 3.63) is 29.3 Å². The molecule has 0 aromatic heterocycles. The molecule has 0 spiro atoms. The summed E-state index contributed by atoms with van der Waals surface area (Å²) in [7, 11) is 1.82. The van der Waals surface area contributed by atoms with E-state index in [9.17, 15) is 4.79 Å². The highest BCUT2D eigenvalue weighted by Crippen LogP contribution is 2.29. The summed E-state index contributed by atoms with van der Waals surface area (Å²) >= 11 is 5.85. The van der Waals surface area contributed by atoms with Crippen molar-refractivity contribution in [2.75, 3.05) is 33.3 Å². The molecule has 1 aromatic carbocycles. The molecule has 0 saturated carbocycles. The number of carbonyl (C=O) groups is 1. The Morgan fingerprint density at radius 3 is 2.68 bits per heavy atom. The Labute approximate surface area is 156 Å². The van der Waals surface area contributed by atoms with E-state index in [2.05, 4.69) is 18.7 Å². The fourth-order valence-corrected chi connectivity index (χ4v) is 3.29. The number of nitrogens with two attached hydrogens (primary N) is 1. The van der Waals surface area contributed by atoms with Crippen LogP contribution in [0.5, 0.6) is 5.75 Å². The van der Waals surface area contributed by atoms with Crippen molar-refractivity contribution in [1.82, 2.24) is 9.80 Å². The van der Waals surface area contributed by atoms with E-state index in [0.29, 0.717) is 18.2 Å². The van der Waals surface area contributed by atoms with Crippen LogP contribution in [0.1, 0.15) is 27.2 Å². The number of halogens is 1. The molecule has 1 fully saturated rings. The molecular formula is C19H30ClN3O2. The second-order valence-electron chi connectivity index (χ2n) is 7.59. The monoisotopic (exact) mass is 367 g/mol.